The highest BCUT2D eigenvalue weighted by Gasteiger charge is 2.21. The molecular formula is C15H23NO. The monoisotopic (exact) mass is 233 g/mol. The van der Waals surface area contributed by atoms with Crippen molar-refractivity contribution in [1.82, 2.24) is 4.90 Å². The molecular weight excluding hydrogens is 210 g/mol. The summed E-state index contributed by atoms with van der Waals surface area (Å²) < 4.78 is 5.29. The van der Waals surface area contributed by atoms with Crippen LogP contribution in [0, 0.1) is 0 Å². The number of benzene rings is 1. The van der Waals surface area contributed by atoms with Crippen molar-refractivity contribution in [3.8, 4) is 5.75 Å². The van der Waals surface area contributed by atoms with Crippen LogP contribution >= 0.6 is 0 Å². The molecule has 0 unspecified atom stereocenters. The first kappa shape index (κ1) is 12.4. The van der Waals surface area contributed by atoms with E-state index in [0.29, 0.717) is 12.0 Å². The van der Waals surface area contributed by atoms with E-state index in [-0.39, 0.29) is 0 Å². The maximum absolute atomic E-state index is 5.29. The van der Waals surface area contributed by atoms with Crippen molar-refractivity contribution in [2.45, 2.75) is 38.6 Å². The predicted octanol–water partition coefficient (Wildman–Crippen LogP) is 3.28. The van der Waals surface area contributed by atoms with Crippen LogP contribution < -0.4 is 4.74 Å². The maximum atomic E-state index is 5.29. The van der Waals surface area contributed by atoms with Gasteiger partial charge in [-0.25, -0.2) is 0 Å². The molecule has 94 valence electrons. The Morgan fingerprint density at radius 2 is 1.94 bits per heavy atom. The van der Waals surface area contributed by atoms with Crippen LogP contribution in [0.15, 0.2) is 24.3 Å². The number of hydrogen-bond acceptors (Lipinski definition) is 2. The molecule has 2 nitrogen and oxygen atoms in total. The van der Waals surface area contributed by atoms with Crippen molar-refractivity contribution in [1.29, 1.82) is 0 Å². The maximum Gasteiger partial charge on any atom is 0.119 e. The number of methoxy groups -OCH3 is 1. The lowest BCUT2D eigenvalue weighted by molar-refractivity contribution is 0.172. The third-order valence-corrected chi connectivity index (χ3v) is 3.83. The zero-order chi connectivity index (χ0) is 12.3. The Morgan fingerprint density at radius 3 is 2.53 bits per heavy atom. The molecule has 1 saturated heterocycles. The average molecular weight is 233 g/mol. The summed E-state index contributed by atoms with van der Waals surface area (Å²) in [5, 5.41) is 0. The second-order valence-corrected chi connectivity index (χ2v) is 5.18. The van der Waals surface area contributed by atoms with E-state index < -0.39 is 0 Å². The zero-order valence-corrected chi connectivity index (χ0v) is 11.1. The zero-order valence-electron chi connectivity index (χ0n) is 11.1. The highest BCUT2D eigenvalue weighted by Crippen LogP contribution is 2.30. The molecule has 17 heavy (non-hydrogen) atoms. The van der Waals surface area contributed by atoms with Crippen LogP contribution in [-0.4, -0.2) is 31.1 Å². The topological polar surface area (TPSA) is 12.5 Å². The molecule has 0 N–H and O–H groups in total. The van der Waals surface area contributed by atoms with Gasteiger partial charge in [-0.3, -0.25) is 0 Å². The molecule has 2 heteroatoms. The summed E-state index contributed by atoms with van der Waals surface area (Å²) in [7, 11) is 1.74. The van der Waals surface area contributed by atoms with Gasteiger partial charge >= 0.3 is 0 Å². The largest absolute Gasteiger partial charge is 0.497 e. The van der Waals surface area contributed by atoms with Crippen molar-refractivity contribution in [2.75, 3.05) is 20.2 Å². The van der Waals surface area contributed by atoms with Gasteiger partial charge in [0, 0.05) is 6.04 Å². The third kappa shape index (κ3) is 3.01. The van der Waals surface area contributed by atoms with Gasteiger partial charge in [0.05, 0.1) is 7.11 Å². The van der Waals surface area contributed by atoms with Gasteiger partial charge < -0.3 is 9.64 Å². The number of piperidine rings is 1. The Morgan fingerprint density at radius 1 is 1.24 bits per heavy atom. The number of likely N-dealkylation sites (tertiary alicyclic amines) is 1. The van der Waals surface area contributed by atoms with Gasteiger partial charge in [0.1, 0.15) is 5.75 Å². The lowest BCUT2D eigenvalue weighted by Crippen LogP contribution is -2.37. The highest BCUT2D eigenvalue weighted by molar-refractivity contribution is 5.31. The Labute approximate surface area is 105 Å². The molecule has 1 aliphatic rings. The fourth-order valence-corrected chi connectivity index (χ4v) is 2.64. The molecule has 1 fully saturated rings. The Kier molecular flexibility index (Phi) is 4.06. The van der Waals surface area contributed by atoms with Crippen molar-refractivity contribution in [3.05, 3.63) is 29.8 Å². The fourth-order valence-electron chi connectivity index (χ4n) is 2.64. The van der Waals surface area contributed by atoms with Crippen LogP contribution in [0.1, 0.15) is 38.2 Å². The number of hydrogen-bond donors (Lipinski definition) is 0. The third-order valence-electron chi connectivity index (χ3n) is 3.83. The molecule has 0 amide bonds. The Bertz CT molecular complexity index is 354. The molecule has 0 spiro atoms. The van der Waals surface area contributed by atoms with E-state index in [1.807, 2.05) is 6.07 Å². The molecule has 0 bridgehead atoms. The number of nitrogens with zero attached hydrogens (tertiary/aromatic N) is 1. The molecule has 1 aromatic rings. The quantitative estimate of drug-likeness (QED) is 0.794. The van der Waals surface area contributed by atoms with Gasteiger partial charge in [0.15, 0.2) is 0 Å². The fraction of sp³-hybridized carbons (Fsp3) is 0.600. The summed E-state index contributed by atoms with van der Waals surface area (Å²) in [4.78, 5) is 2.57. The van der Waals surface area contributed by atoms with Gasteiger partial charge in [0.25, 0.3) is 0 Å². The normalized spacial score (nSPS) is 18.6. The first-order valence-electron chi connectivity index (χ1n) is 6.58. The van der Waals surface area contributed by atoms with Gasteiger partial charge in [-0.2, -0.15) is 0 Å². The van der Waals surface area contributed by atoms with Gasteiger partial charge in [-0.15, -0.1) is 0 Å². The number of ether oxygens (including phenoxy) is 1. The lowest BCUT2D eigenvalue weighted by atomic mass is 9.89. The summed E-state index contributed by atoms with van der Waals surface area (Å²) in [5.41, 5.74) is 1.44. The van der Waals surface area contributed by atoms with E-state index in [9.17, 15) is 0 Å². The van der Waals surface area contributed by atoms with Gasteiger partial charge in [-0.1, -0.05) is 12.1 Å². The van der Waals surface area contributed by atoms with Gasteiger partial charge in [-0.05, 0) is 63.4 Å². The molecule has 1 heterocycles. The van der Waals surface area contributed by atoms with Gasteiger partial charge in [0.2, 0.25) is 0 Å². The molecule has 0 atom stereocenters. The van der Waals surface area contributed by atoms with Crippen LogP contribution in [0.5, 0.6) is 5.75 Å². The molecule has 2 rings (SSSR count). The molecule has 0 saturated carbocycles. The molecule has 0 radical (unpaired) electrons. The van der Waals surface area contributed by atoms with Crippen molar-refractivity contribution in [3.63, 3.8) is 0 Å². The molecule has 1 aliphatic heterocycles. The minimum absolute atomic E-state index is 0.682. The van der Waals surface area contributed by atoms with E-state index in [4.69, 9.17) is 4.74 Å². The summed E-state index contributed by atoms with van der Waals surface area (Å²) in [6.45, 7) is 7.01. The van der Waals surface area contributed by atoms with Crippen molar-refractivity contribution < 1.29 is 4.74 Å². The van der Waals surface area contributed by atoms with E-state index in [2.05, 4.69) is 36.9 Å². The standard InChI is InChI=1S/C15H23NO/c1-12(2)16-9-7-13(8-10-16)14-5-4-6-15(11-14)17-3/h4-6,11-13H,7-10H2,1-3H3. The van der Waals surface area contributed by atoms with Crippen LogP contribution in [0.3, 0.4) is 0 Å². The SMILES string of the molecule is COc1cccc(C2CCN(C(C)C)CC2)c1. The Hall–Kier alpha value is -1.02. The number of rotatable bonds is 3. The summed E-state index contributed by atoms with van der Waals surface area (Å²) >= 11 is 0. The predicted molar refractivity (Wildman–Crippen MR) is 71.7 cm³/mol. The van der Waals surface area contributed by atoms with E-state index in [1.54, 1.807) is 7.11 Å². The molecule has 0 aliphatic carbocycles. The molecule has 0 aromatic heterocycles. The summed E-state index contributed by atoms with van der Waals surface area (Å²) in [5.74, 6) is 1.69. The van der Waals surface area contributed by atoms with E-state index in [0.717, 1.165) is 5.75 Å². The van der Waals surface area contributed by atoms with Crippen LogP contribution in [-0.2, 0) is 0 Å². The van der Waals surface area contributed by atoms with Crippen LogP contribution in [0.2, 0.25) is 0 Å². The minimum Gasteiger partial charge on any atom is -0.497 e. The van der Waals surface area contributed by atoms with Crippen LogP contribution in [0.25, 0.3) is 0 Å². The first-order chi connectivity index (χ1) is 8.20. The lowest BCUT2D eigenvalue weighted by Gasteiger charge is -2.34. The van der Waals surface area contributed by atoms with Crippen molar-refractivity contribution in [2.24, 2.45) is 0 Å². The highest BCUT2D eigenvalue weighted by atomic mass is 16.5. The Balaban J connectivity index is 2.00. The van der Waals surface area contributed by atoms with Crippen LogP contribution in [0.4, 0.5) is 0 Å². The molecule has 1 aromatic carbocycles. The summed E-state index contributed by atoms with van der Waals surface area (Å²) in [6.07, 6.45) is 2.54. The van der Waals surface area contributed by atoms with E-state index in [1.165, 1.54) is 31.5 Å². The first-order valence-corrected chi connectivity index (χ1v) is 6.58. The van der Waals surface area contributed by atoms with E-state index >= 15 is 0 Å². The smallest absolute Gasteiger partial charge is 0.119 e. The average Bonchev–Trinajstić information content (AvgIpc) is 2.39. The minimum atomic E-state index is 0.682. The summed E-state index contributed by atoms with van der Waals surface area (Å²) in [6, 6.07) is 9.23. The second-order valence-electron chi connectivity index (χ2n) is 5.18. The van der Waals surface area contributed by atoms with Crippen molar-refractivity contribution >= 4 is 0 Å². The second kappa shape index (κ2) is 5.54.